The van der Waals surface area contributed by atoms with Gasteiger partial charge >= 0.3 is 0 Å². The molecule has 0 radical (unpaired) electrons. The zero-order chi connectivity index (χ0) is 12.4. The zero-order valence-corrected chi connectivity index (χ0v) is 11.2. The van der Waals surface area contributed by atoms with E-state index in [0.29, 0.717) is 6.42 Å². The molecule has 0 unspecified atom stereocenters. The van der Waals surface area contributed by atoms with Gasteiger partial charge in [-0.05, 0) is 55.0 Å². The van der Waals surface area contributed by atoms with Crippen LogP contribution in [0.3, 0.4) is 0 Å². The maximum atomic E-state index is 12.2. The first-order valence-corrected chi connectivity index (χ1v) is 6.59. The van der Waals surface area contributed by atoms with Gasteiger partial charge in [-0.3, -0.25) is 4.79 Å². The van der Waals surface area contributed by atoms with Crippen LogP contribution in [-0.2, 0) is 6.42 Å². The quantitative estimate of drug-likeness (QED) is 0.743. The molecular weight excluding hydrogens is 228 g/mol. The molecule has 0 aliphatic heterocycles. The number of rotatable bonds is 3. The van der Waals surface area contributed by atoms with Gasteiger partial charge in [0.15, 0.2) is 5.78 Å². The summed E-state index contributed by atoms with van der Waals surface area (Å²) in [7, 11) is 0. The van der Waals surface area contributed by atoms with E-state index in [-0.39, 0.29) is 5.78 Å². The molecule has 1 aromatic heterocycles. The molecule has 0 N–H and O–H groups in total. The highest BCUT2D eigenvalue weighted by Crippen LogP contribution is 2.19. The van der Waals surface area contributed by atoms with Crippen molar-refractivity contribution in [2.24, 2.45) is 0 Å². The molecule has 1 heterocycles. The smallest absolute Gasteiger partial charge is 0.168 e. The van der Waals surface area contributed by atoms with Crippen LogP contribution in [0.1, 0.15) is 31.9 Å². The van der Waals surface area contributed by atoms with Gasteiger partial charge in [0.1, 0.15) is 0 Å². The van der Waals surface area contributed by atoms with Crippen LogP contribution in [0.15, 0.2) is 29.6 Å². The number of benzene rings is 1. The SMILES string of the molecule is Cc1cc(C)c(C(=O)Cc2cccs2)cc1C. The van der Waals surface area contributed by atoms with Crippen molar-refractivity contribution in [1.29, 1.82) is 0 Å². The maximum absolute atomic E-state index is 12.2. The van der Waals surface area contributed by atoms with E-state index >= 15 is 0 Å². The Morgan fingerprint density at radius 1 is 1.12 bits per heavy atom. The Labute approximate surface area is 106 Å². The molecule has 1 nitrogen and oxygen atoms in total. The Morgan fingerprint density at radius 2 is 1.82 bits per heavy atom. The lowest BCUT2D eigenvalue weighted by molar-refractivity contribution is 0.0993. The summed E-state index contributed by atoms with van der Waals surface area (Å²) in [6.07, 6.45) is 0.515. The van der Waals surface area contributed by atoms with E-state index in [1.807, 2.05) is 30.5 Å². The molecule has 1 aromatic carbocycles. The number of aryl methyl sites for hydroxylation is 3. The van der Waals surface area contributed by atoms with E-state index in [4.69, 9.17) is 0 Å². The van der Waals surface area contributed by atoms with Crippen molar-refractivity contribution in [2.45, 2.75) is 27.2 Å². The Kier molecular flexibility index (Phi) is 3.43. The average Bonchev–Trinajstić information content (AvgIpc) is 2.76. The third kappa shape index (κ3) is 2.64. The van der Waals surface area contributed by atoms with Crippen molar-refractivity contribution >= 4 is 17.1 Å². The molecule has 17 heavy (non-hydrogen) atoms. The Balaban J connectivity index is 2.28. The lowest BCUT2D eigenvalue weighted by Crippen LogP contribution is -2.05. The summed E-state index contributed by atoms with van der Waals surface area (Å²) in [4.78, 5) is 13.3. The highest BCUT2D eigenvalue weighted by molar-refractivity contribution is 7.10. The van der Waals surface area contributed by atoms with Crippen molar-refractivity contribution in [3.8, 4) is 0 Å². The van der Waals surface area contributed by atoms with E-state index in [9.17, 15) is 4.79 Å². The maximum Gasteiger partial charge on any atom is 0.168 e. The lowest BCUT2D eigenvalue weighted by Gasteiger charge is -2.08. The minimum atomic E-state index is 0.216. The predicted octanol–water partition coefficient (Wildman–Crippen LogP) is 4.10. The molecule has 0 amide bonds. The molecule has 88 valence electrons. The number of hydrogen-bond acceptors (Lipinski definition) is 2. The number of hydrogen-bond donors (Lipinski definition) is 0. The van der Waals surface area contributed by atoms with Gasteiger partial charge < -0.3 is 0 Å². The second-order valence-electron chi connectivity index (χ2n) is 4.43. The van der Waals surface area contributed by atoms with E-state index in [0.717, 1.165) is 16.0 Å². The Bertz CT molecular complexity index is 538. The van der Waals surface area contributed by atoms with Crippen LogP contribution < -0.4 is 0 Å². The summed E-state index contributed by atoms with van der Waals surface area (Å²) in [5, 5.41) is 2.01. The van der Waals surface area contributed by atoms with Crippen LogP contribution in [0.4, 0.5) is 0 Å². The van der Waals surface area contributed by atoms with Crippen LogP contribution in [-0.4, -0.2) is 5.78 Å². The predicted molar refractivity (Wildman–Crippen MR) is 73.0 cm³/mol. The normalized spacial score (nSPS) is 10.5. The number of ketones is 1. The third-order valence-corrected chi connectivity index (χ3v) is 3.93. The monoisotopic (exact) mass is 244 g/mol. The minimum Gasteiger partial charge on any atom is -0.294 e. The first-order valence-electron chi connectivity index (χ1n) is 5.71. The summed E-state index contributed by atoms with van der Waals surface area (Å²) >= 11 is 1.64. The fourth-order valence-corrected chi connectivity index (χ4v) is 2.63. The first kappa shape index (κ1) is 12.1. The molecule has 0 fully saturated rings. The second kappa shape index (κ2) is 4.84. The van der Waals surface area contributed by atoms with Crippen molar-refractivity contribution in [3.05, 3.63) is 56.8 Å². The molecule has 0 bridgehead atoms. The van der Waals surface area contributed by atoms with Crippen LogP contribution in [0.5, 0.6) is 0 Å². The number of carbonyl (C=O) groups excluding carboxylic acids is 1. The van der Waals surface area contributed by atoms with E-state index in [1.165, 1.54) is 11.1 Å². The van der Waals surface area contributed by atoms with Crippen molar-refractivity contribution in [2.75, 3.05) is 0 Å². The van der Waals surface area contributed by atoms with E-state index in [2.05, 4.69) is 19.9 Å². The fraction of sp³-hybridized carbons (Fsp3) is 0.267. The second-order valence-corrected chi connectivity index (χ2v) is 5.46. The van der Waals surface area contributed by atoms with Crippen LogP contribution >= 0.6 is 11.3 Å². The highest BCUT2D eigenvalue weighted by atomic mass is 32.1. The summed E-state index contributed by atoms with van der Waals surface area (Å²) in [5.74, 6) is 0.216. The van der Waals surface area contributed by atoms with Gasteiger partial charge in [0.05, 0.1) is 0 Å². The zero-order valence-electron chi connectivity index (χ0n) is 10.4. The van der Waals surface area contributed by atoms with Gasteiger partial charge in [0.25, 0.3) is 0 Å². The molecule has 0 spiro atoms. The lowest BCUT2D eigenvalue weighted by atomic mass is 9.96. The topological polar surface area (TPSA) is 17.1 Å². The molecule has 0 aliphatic carbocycles. The first-order chi connectivity index (χ1) is 8.08. The van der Waals surface area contributed by atoms with Crippen LogP contribution in [0.25, 0.3) is 0 Å². The summed E-state index contributed by atoms with van der Waals surface area (Å²) in [6.45, 7) is 6.14. The molecular formula is C15H16OS. The van der Waals surface area contributed by atoms with Gasteiger partial charge in [-0.25, -0.2) is 0 Å². The van der Waals surface area contributed by atoms with Gasteiger partial charge in [-0.15, -0.1) is 11.3 Å². The highest BCUT2D eigenvalue weighted by Gasteiger charge is 2.11. The molecule has 2 aromatic rings. The molecule has 2 rings (SSSR count). The largest absolute Gasteiger partial charge is 0.294 e. The van der Waals surface area contributed by atoms with Crippen molar-refractivity contribution < 1.29 is 4.79 Å². The van der Waals surface area contributed by atoms with E-state index in [1.54, 1.807) is 11.3 Å². The Morgan fingerprint density at radius 3 is 2.47 bits per heavy atom. The van der Waals surface area contributed by atoms with E-state index < -0.39 is 0 Å². The molecule has 0 atom stereocenters. The number of carbonyl (C=O) groups is 1. The van der Waals surface area contributed by atoms with Crippen molar-refractivity contribution in [1.82, 2.24) is 0 Å². The number of thiophene rings is 1. The van der Waals surface area contributed by atoms with Gasteiger partial charge in [-0.1, -0.05) is 12.1 Å². The van der Waals surface area contributed by atoms with Gasteiger partial charge in [-0.2, -0.15) is 0 Å². The van der Waals surface area contributed by atoms with Crippen LogP contribution in [0.2, 0.25) is 0 Å². The molecule has 2 heteroatoms. The van der Waals surface area contributed by atoms with Gasteiger partial charge in [0, 0.05) is 16.9 Å². The van der Waals surface area contributed by atoms with Crippen molar-refractivity contribution in [3.63, 3.8) is 0 Å². The minimum absolute atomic E-state index is 0.216. The summed E-state index contributed by atoms with van der Waals surface area (Å²) in [6, 6.07) is 8.11. The summed E-state index contributed by atoms with van der Waals surface area (Å²) in [5.41, 5.74) is 4.37. The van der Waals surface area contributed by atoms with Gasteiger partial charge in [0.2, 0.25) is 0 Å². The molecule has 0 saturated carbocycles. The fourth-order valence-electron chi connectivity index (χ4n) is 1.93. The summed E-state index contributed by atoms with van der Waals surface area (Å²) < 4.78 is 0. The standard InChI is InChI=1S/C15H16OS/c1-10-7-12(3)14(8-11(10)2)15(16)9-13-5-4-6-17-13/h4-8H,9H2,1-3H3. The number of Topliss-reactive ketones (excluding diaryl/α,β-unsaturated/α-hetero) is 1. The Hall–Kier alpha value is -1.41. The molecule has 0 saturated heterocycles. The van der Waals surface area contributed by atoms with Crippen LogP contribution in [0, 0.1) is 20.8 Å². The average molecular weight is 244 g/mol. The molecule has 0 aliphatic rings. The third-order valence-electron chi connectivity index (χ3n) is 3.06.